The van der Waals surface area contributed by atoms with Crippen LogP contribution >= 0.6 is 0 Å². The SMILES string of the molecule is C#CCOc1ccc(C(=O)NCc2nc(-c3ccccc3)no2)cc1. The van der Waals surface area contributed by atoms with Crippen LogP contribution in [0.3, 0.4) is 0 Å². The lowest BCUT2D eigenvalue weighted by atomic mass is 10.2. The largest absolute Gasteiger partial charge is 0.481 e. The highest BCUT2D eigenvalue weighted by atomic mass is 16.5. The van der Waals surface area contributed by atoms with E-state index in [1.54, 1.807) is 24.3 Å². The molecule has 6 nitrogen and oxygen atoms in total. The van der Waals surface area contributed by atoms with Gasteiger partial charge in [0.05, 0.1) is 6.54 Å². The Morgan fingerprint density at radius 1 is 1.16 bits per heavy atom. The van der Waals surface area contributed by atoms with E-state index >= 15 is 0 Å². The molecule has 25 heavy (non-hydrogen) atoms. The van der Waals surface area contributed by atoms with Crippen molar-refractivity contribution in [1.29, 1.82) is 0 Å². The Bertz CT molecular complexity index is 880. The summed E-state index contributed by atoms with van der Waals surface area (Å²) in [6, 6.07) is 16.2. The van der Waals surface area contributed by atoms with Crippen LogP contribution in [0.4, 0.5) is 0 Å². The number of ether oxygens (including phenoxy) is 1. The molecule has 0 bridgehead atoms. The number of benzene rings is 2. The van der Waals surface area contributed by atoms with Crippen molar-refractivity contribution >= 4 is 5.91 Å². The first-order chi connectivity index (χ1) is 12.3. The fourth-order valence-electron chi connectivity index (χ4n) is 2.12. The first-order valence-electron chi connectivity index (χ1n) is 7.59. The summed E-state index contributed by atoms with van der Waals surface area (Å²) in [5.41, 5.74) is 1.35. The van der Waals surface area contributed by atoms with Gasteiger partial charge in [-0.1, -0.05) is 41.4 Å². The molecule has 0 spiro atoms. The molecule has 0 radical (unpaired) electrons. The molecule has 2 aromatic carbocycles. The number of terminal acetylenes is 1. The lowest BCUT2D eigenvalue weighted by Crippen LogP contribution is -2.22. The average molecular weight is 333 g/mol. The Balaban J connectivity index is 1.57. The van der Waals surface area contributed by atoms with E-state index in [0.29, 0.717) is 23.0 Å². The molecule has 3 rings (SSSR count). The fourth-order valence-corrected chi connectivity index (χ4v) is 2.12. The molecular weight excluding hydrogens is 318 g/mol. The van der Waals surface area contributed by atoms with Crippen molar-refractivity contribution in [1.82, 2.24) is 15.5 Å². The Morgan fingerprint density at radius 2 is 1.92 bits per heavy atom. The Labute approximate surface area is 144 Å². The molecular formula is C19H15N3O3. The zero-order valence-corrected chi connectivity index (χ0v) is 13.3. The number of rotatable bonds is 6. The first-order valence-corrected chi connectivity index (χ1v) is 7.59. The van der Waals surface area contributed by atoms with Crippen LogP contribution in [-0.2, 0) is 6.54 Å². The van der Waals surface area contributed by atoms with E-state index in [2.05, 4.69) is 21.4 Å². The second-order valence-electron chi connectivity index (χ2n) is 5.08. The summed E-state index contributed by atoms with van der Waals surface area (Å²) in [5, 5.41) is 6.64. The lowest BCUT2D eigenvalue weighted by molar-refractivity contribution is 0.0946. The van der Waals surface area contributed by atoms with Crippen LogP contribution in [-0.4, -0.2) is 22.7 Å². The van der Waals surface area contributed by atoms with Gasteiger partial charge in [0.2, 0.25) is 11.7 Å². The Kier molecular flexibility index (Phi) is 5.07. The normalized spacial score (nSPS) is 10.0. The zero-order valence-electron chi connectivity index (χ0n) is 13.3. The molecule has 0 fully saturated rings. The summed E-state index contributed by atoms with van der Waals surface area (Å²) >= 11 is 0. The molecule has 1 amide bonds. The third-order valence-corrected chi connectivity index (χ3v) is 3.34. The van der Waals surface area contributed by atoms with Crippen LogP contribution in [0.1, 0.15) is 16.2 Å². The fraction of sp³-hybridized carbons (Fsp3) is 0.105. The van der Waals surface area contributed by atoms with E-state index < -0.39 is 0 Å². The monoisotopic (exact) mass is 333 g/mol. The summed E-state index contributed by atoms with van der Waals surface area (Å²) in [4.78, 5) is 16.4. The van der Waals surface area contributed by atoms with Gasteiger partial charge in [0, 0.05) is 11.1 Å². The smallest absolute Gasteiger partial charge is 0.251 e. The van der Waals surface area contributed by atoms with E-state index in [4.69, 9.17) is 15.7 Å². The van der Waals surface area contributed by atoms with E-state index in [-0.39, 0.29) is 19.1 Å². The third kappa shape index (κ3) is 4.24. The third-order valence-electron chi connectivity index (χ3n) is 3.34. The minimum absolute atomic E-state index is 0.147. The summed E-state index contributed by atoms with van der Waals surface area (Å²) < 4.78 is 10.4. The molecule has 0 atom stereocenters. The van der Waals surface area contributed by atoms with Gasteiger partial charge in [0.25, 0.3) is 5.91 Å². The van der Waals surface area contributed by atoms with E-state index in [1.807, 2.05) is 30.3 Å². The van der Waals surface area contributed by atoms with E-state index in [0.717, 1.165) is 5.56 Å². The summed E-state index contributed by atoms with van der Waals surface area (Å²) in [6.45, 7) is 0.334. The number of carbonyl (C=O) groups excluding carboxylic acids is 1. The van der Waals surface area contributed by atoms with Gasteiger partial charge in [-0.3, -0.25) is 4.79 Å². The van der Waals surface area contributed by atoms with Gasteiger partial charge in [-0.25, -0.2) is 0 Å². The van der Waals surface area contributed by atoms with Gasteiger partial charge in [-0.05, 0) is 24.3 Å². The predicted octanol–water partition coefficient (Wildman–Crippen LogP) is 2.68. The number of nitrogens with one attached hydrogen (secondary N) is 1. The molecule has 0 saturated carbocycles. The van der Waals surface area contributed by atoms with Crippen LogP contribution in [0.25, 0.3) is 11.4 Å². The highest BCUT2D eigenvalue weighted by Gasteiger charge is 2.11. The van der Waals surface area contributed by atoms with Crippen LogP contribution in [0.2, 0.25) is 0 Å². The van der Waals surface area contributed by atoms with Gasteiger partial charge in [-0.15, -0.1) is 6.42 Å². The number of amides is 1. The molecule has 124 valence electrons. The highest BCUT2D eigenvalue weighted by Crippen LogP contribution is 2.15. The molecule has 1 N–H and O–H groups in total. The van der Waals surface area contributed by atoms with Gasteiger partial charge in [-0.2, -0.15) is 4.98 Å². The molecule has 0 saturated heterocycles. The molecule has 0 aliphatic rings. The first kappa shape index (κ1) is 16.3. The van der Waals surface area contributed by atoms with Crippen molar-refractivity contribution in [3.8, 4) is 29.5 Å². The van der Waals surface area contributed by atoms with Crippen LogP contribution in [0.15, 0.2) is 59.1 Å². The van der Waals surface area contributed by atoms with Crippen molar-refractivity contribution in [3.63, 3.8) is 0 Å². The van der Waals surface area contributed by atoms with Crippen LogP contribution < -0.4 is 10.1 Å². The standard InChI is InChI=1S/C19H15N3O3/c1-2-12-24-16-10-8-15(9-11-16)19(23)20-13-17-21-18(22-25-17)14-6-4-3-5-7-14/h1,3-11H,12-13H2,(H,20,23). The minimum atomic E-state index is -0.247. The average Bonchev–Trinajstić information content (AvgIpc) is 3.14. The zero-order chi connectivity index (χ0) is 17.5. The van der Waals surface area contributed by atoms with Crippen molar-refractivity contribution in [3.05, 3.63) is 66.1 Å². The summed E-state index contributed by atoms with van der Waals surface area (Å²) in [7, 11) is 0. The van der Waals surface area contributed by atoms with Gasteiger partial charge in [0.1, 0.15) is 12.4 Å². The minimum Gasteiger partial charge on any atom is -0.481 e. The van der Waals surface area contributed by atoms with Crippen molar-refractivity contribution in [2.75, 3.05) is 6.61 Å². The van der Waals surface area contributed by atoms with Gasteiger partial charge in [0.15, 0.2) is 0 Å². The van der Waals surface area contributed by atoms with Crippen LogP contribution in [0, 0.1) is 12.3 Å². The molecule has 6 heteroatoms. The number of carbonyl (C=O) groups is 1. The second-order valence-corrected chi connectivity index (χ2v) is 5.08. The number of hydrogen-bond acceptors (Lipinski definition) is 5. The summed E-state index contributed by atoms with van der Waals surface area (Å²) in [5.74, 6) is 3.56. The molecule has 1 heterocycles. The van der Waals surface area contributed by atoms with E-state index in [1.165, 1.54) is 0 Å². The Hall–Kier alpha value is -3.59. The quantitative estimate of drug-likeness (QED) is 0.702. The molecule has 1 aromatic heterocycles. The summed E-state index contributed by atoms with van der Waals surface area (Å²) in [6.07, 6.45) is 5.13. The second kappa shape index (κ2) is 7.79. The molecule has 3 aromatic rings. The number of nitrogens with zero attached hydrogens (tertiary/aromatic N) is 2. The predicted molar refractivity (Wildman–Crippen MR) is 91.7 cm³/mol. The van der Waals surface area contributed by atoms with Crippen molar-refractivity contribution < 1.29 is 14.1 Å². The highest BCUT2D eigenvalue weighted by molar-refractivity contribution is 5.94. The van der Waals surface area contributed by atoms with Crippen molar-refractivity contribution in [2.24, 2.45) is 0 Å². The Morgan fingerprint density at radius 3 is 2.64 bits per heavy atom. The van der Waals surface area contributed by atoms with E-state index in [9.17, 15) is 4.79 Å². The maximum absolute atomic E-state index is 12.1. The number of aromatic nitrogens is 2. The molecule has 0 aliphatic heterocycles. The molecule has 0 aliphatic carbocycles. The number of hydrogen-bond donors (Lipinski definition) is 1. The molecule has 0 unspecified atom stereocenters. The maximum Gasteiger partial charge on any atom is 0.251 e. The maximum atomic E-state index is 12.1. The topological polar surface area (TPSA) is 77.2 Å². The van der Waals surface area contributed by atoms with Gasteiger partial charge < -0.3 is 14.6 Å². The van der Waals surface area contributed by atoms with Crippen molar-refractivity contribution in [2.45, 2.75) is 6.54 Å². The van der Waals surface area contributed by atoms with Gasteiger partial charge >= 0.3 is 0 Å². The lowest BCUT2D eigenvalue weighted by Gasteiger charge is -2.05. The van der Waals surface area contributed by atoms with Crippen LogP contribution in [0.5, 0.6) is 5.75 Å².